The first-order valence-electron chi connectivity index (χ1n) is 12.0. The molecule has 1 aliphatic carbocycles. The molecule has 7 nitrogen and oxygen atoms in total. The van der Waals surface area contributed by atoms with Crippen LogP contribution < -0.4 is 0 Å². The Balaban J connectivity index is 1.56. The Morgan fingerprint density at radius 2 is 1.54 bits per heavy atom. The van der Waals surface area contributed by atoms with Gasteiger partial charge < -0.3 is 9.80 Å². The first-order valence-corrected chi connectivity index (χ1v) is 13.5. The standard InChI is InChI=1S/C26H32FN3O4S/c1-19-3-11-25(12-4-19)35(33,34)30(24-9-10-24)18-26(32)29(17-21-5-7-22(27)8-6-21)23-13-15-28(16-14-23)20(2)31/h3-8,11-12,23-24H,9-10,13-18H2,1-2H3. The molecule has 2 aromatic rings. The maximum Gasteiger partial charge on any atom is 0.243 e. The van der Waals surface area contributed by atoms with Gasteiger partial charge in [0.25, 0.3) is 0 Å². The molecule has 188 valence electrons. The molecule has 0 bridgehead atoms. The zero-order chi connectivity index (χ0) is 25.2. The van der Waals surface area contributed by atoms with E-state index in [4.69, 9.17) is 0 Å². The molecule has 2 amide bonds. The Hall–Kier alpha value is -2.78. The Labute approximate surface area is 206 Å². The molecule has 0 unspecified atom stereocenters. The molecular weight excluding hydrogens is 469 g/mol. The number of likely N-dealkylation sites (tertiary alicyclic amines) is 1. The van der Waals surface area contributed by atoms with Crippen molar-refractivity contribution in [2.45, 2.75) is 63.1 Å². The average Bonchev–Trinajstić information content (AvgIpc) is 3.67. The highest BCUT2D eigenvalue weighted by Gasteiger charge is 2.41. The van der Waals surface area contributed by atoms with Gasteiger partial charge in [-0.25, -0.2) is 12.8 Å². The Morgan fingerprint density at radius 3 is 2.09 bits per heavy atom. The lowest BCUT2D eigenvalue weighted by atomic mass is 10.0. The van der Waals surface area contributed by atoms with Crippen LogP contribution in [0.5, 0.6) is 0 Å². The van der Waals surface area contributed by atoms with E-state index in [2.05, 4.69) is 0 Å². The van der Waals surface area contributed by atoms with E-state index in [9.17, 15) is 22.4 Å². The highest BCUT2D eigenvalue weighted by molar-refractivity contribution is 7.89. The van der Waals surface area contributed by atoms with Crippen molar-refractivity contribution in [3.8, 4) is 0 Å². The van der Waals surface area contributed by atoms with Crippen LogP contribution in [0.2, 0.25) is 0 Å². The van der Waals surface area contributed by atoms with E-state index < -0.39 is 10.0 Å². The molecule has 0 aromatic heterocycles. The molecule has 0 spiro atoms. The fraction of sp³-hybridized carbons (Fsp3) is 0.462. The first kappa shape index (κ1) is 25.3. The minimum absolute atomic E-state index is 0.00367. The van der Waals surface area contributed by atoms with Crippen molar-refractivity contribution in [3.63, 3.8) is 0 Å². The summed E-state index contributed by atoms with van der Waals surface area (Å²) in [6.07, 6.45) is 2.68. The summed E-state index contributed by atoms with van der Waals surface area (Å²) in [6, 6.07) is 12.3. The third-order valence-electron chi connectivity index (χ3n) is 6.81. The van der Waals surface area contributed by atoms with Crippen molar-refractivity contribution in [1.29, 1.82) is 0 Å². The average molecular weight is 502 g/mol. The largest absolute Gasteiger partial charge is 0.343 e. The van der Waals surface area contributed by atoms with E-state index >= 15 is 0 Å². The van der Waals surface area contributed by atoms with Crippen LogP contribution in [-0.4, -0.2) is 66.1 Å². The van der Waals surface area contributed by atoms with Gasteiger partial charge in [0, 0.05) is 38.6 Å². The molecule has 2 fully saturated rings. The molecule has 9 heteroatoms. The zero-order valence-corrected chi connectivity index (χ0v) is 21.0. The lowest BCUT2D eigenvalue weighted by Crippen LogP contribution is -2.51. The summed E-state index contributed by atoms with van der Waals surface area (Å²) in [5, 5.41) is 0. The molecule has 0 atom stereocenters. The Kier molecular flexibility index (Phi) is 7.56. The second-order valence-corrected chi connectivity index (χ2v) is 11.4. The number of hydrogen-bond donors (Lipinski definition) is 0. The van der Waals surface area contributed by atoms with Gasteiger partial charge >= 0.3 is 0 Å². The Morgan fingerprint density at radius 1 is 0.943 bits per heavy atom. The van der Waals surface area contributed by atoms with E-state index in [1.807, 2.05) is 6.92 Å². The number of carbonyl (C=O) groups is 2. The van der Waals surface area contributed by atoms with Crippen LogP contribution in [-0.2, 0) is 26.2 Å². The van der Waals surface area contributed by atoms with E-state index in [-0.39, 0.29) is 47.7 Å². The monoisotopic (exact) mass is 501 g/mol. The summed E-state index contributed by atoms with van der Waals surface area (Å²) in [4.78, 5) is 29.1. The predicted octanol–water partition coefficient (Wildman–Crippen LogP) is 3.33. The summed E-state index contributed by atoms with van der Waals surface area (Å²) < 4.78 is 41.7. The second-order valence-electron chi connectivity index (χ2n) is 9.48. The fourth-order valence-corrected chi connectivity index (χ4v) is 6.18. The van der Waals surface area contributed by atoms with Gasteiger partial charge in [0.2, 0.25) is 21.8 Å². The van der Waals surface area contributed by atoms with Crippen LogP contribution in [0.3, 0.4) is 0 Å². The fourth-order valence-electron chi connectivity index (χ4n) is 4.54. The Bertz CT molecular complexity index is 1160. The van der Waals surface area contributed by atoms with Gasteiger partial charge in [0.1, 0.15) is 5.82 Å². The summed E-state index contributed by atoms with van der Waals surface area (Å²) in [5.74, 6) is -0.632. The predicted molar refractivity (Wildman–Crippen MR) is 130 cm³/mol. The van der Waals surface area contributed by atoms with Crippen LogP contribution in [0, 0.1) is 12.7 Å². The third-order valence-corrected chi connectivity index (χ3v) is 8.72. The smallest absolute Gasteiger partial charge is 0.243 e. The van der Waals surface area contributed by atoms with Crippen LogP contribution in [0.1, 0.15) is 43.7 Å². The lowest BCUT2D eigenvalue weighted by Gasteiger charge is -2.39. The van der Waals surface area contributed by atoms with Crippen LogP contribution in [0.25, 0.3) is 0 Å². The zero-order valence-electron chi connectivity index (χ0n) is 20.2. The van der Waals surface area contributed by atoms with E-state index in [1.165, 1.54) is 23.4 Å². The molecule has 0 N–H and O–H groups in total. The minimum Gasteiger partial charge on any atom is -0.343 e. The number of amides is 2. The number of rotatable bonds is 8. The van der Waals surface area contributed by atoms with Crippen molar-refractivity contribution >= 4 is 21.8 Å². The van der Waals surface area contributed by atoms with Gasteiger partial charge in [-0.15, -0.1) is 0 Å². The number of aryl methyl sites for hydroxylation is 1. The van der Waals surface area contributed by atoms with Gasteiger partial charge in [0.15, 0.2) is 0 Å². The van der Waals surface area contributed by atoms with Crippen molar-refractivity contribution in [3.05, 3.63) is 65.5 Å². The summed E-state index contributed by atoms with van der Waals surface area (Å²) >= 11 is 0. The normalized spacial score (nSPS) is 17.0. The van der Waals surface area contributed by atoms with E-state index in [0.29, 0.717) is 25.9 Å². The SMILES string of the molecule is CC(=O)N1CCC(N(Cc2ccc(F)cc2)C(=O)CN(C2CC2)S(=O)(=O)c2ccc(C)cc2)CC1. The third kappa shape index (κ3) is 6.08. The van der Waals surface area contributed by atoms with Gasteiger partial charge in [0.05, 0.1) is 11.4 Å². The molecule has 0 radical (unpaired) electrons. The van der Waals surface area contributed by atoms with Gasteiger partial charge in [-0.05, 0) is 62.4 Å². The van der Waals surface area contributed by atoms with Crippen molar-refractivity contribution < 1.29 is 22.4 Å². The number of benzene rings is 2. The van der Waals surface area contributed by atoms with Crippen LogP contribution in [0.15, 0.2) is 53.4 Å². The van der Waals surface area contributed by atoms with Crippen LogP contribution >= 0.6 is 0 Å². The topological polar surface area (TPSA) is 78.0 Å². The van der Waals surface area contributed by atoms with Gasteiger partial charge in [-0.3, -0.25) is 9.59 Å². The number of carbonyl (C=O) groups excluding carboxylic acids is 2. The molecule has 2 aliphatic rings. The lowest BCUT2D eigenvalue weighted by molar-refractivity contribution is -0.137. The van der Waals surface area contributed by atoms with Crippen molar-refractivity contribution in [1.82, 2.24) is 14.1 Å². The molecule has 2 aromatic carbocycles. The number of halogens is 1. The number of nitrogens with zero attached hydrogens (tertiary/aromatic N) is 3. The van der Waals surface area contributed by atoms with Gasteiger partial charge in [-0.2, -0.15) is 4.31 Å². The molecule has 35 heavy (non-hydrogen) atoms. The molecular formula is C26H32FN3O4S. The number of piperidine rings is 1. The van der Waals surface area contributed by atoms with Crippen molar-refractivity contribution in [2.24, 2.45) is 0 Å². The number of hydrogen-bond acceptors (Lipinski definition) is 4. The molecule has 4 rings (SSSR count). The maximum atomic E-state index is 13.7. The summed E-state index contributed by atoms with van der Waals surface area (Å²) in [6.45, 7) is 4.53. The number of sulfonamides is 1. The second kappa shape index (κ2) is 10.5. The van der Waals surface area contributed by atoms with E-state index in [0.717, 1.165) is 24.0 Å². The quantitative estimate of drug-likeness (QED) is 0.556. The molecule has 1 aliphatic heterocycles. The van der Waals surface area contributed by atoms with Crippen LogP contribution in [0.4, 0.5) is 4.39 Å². The highest BCUT2D eigenvalue weighted by Crippen LogP contribution is 2.32. The molecule has 1 saturated heterocycles. The summed E-state index contributed by atoms with van der Waals surface area (Å²) in [5.41, 5.74) is 1.73. The molecule has 1 saturated carbocycles. The van der Waals surface area contributed by atoms with E-state index in [1.54, 1.807) is 46.2 Å². The van der Waals surface area contributed by atoms with Crippen molar-refractivity contribution in [2.75, 3.05) is 19.6 Å². The first-order chi connectivity index (χ1) is 16.6. The minimum atomic E-state index is -3.83. The molecule has 1 heterocycles. The van der Waals surface area contributed by atoms with Gasteiger partial charge in [-0.1, -0.05) is 29.8 Å². The summed E-state index contributed by atoms with van der Waals surface area (Å²) in [7, 11) is -3.83. The highest BCUT2D eigenvalue weighted by atomic mass is 32.2. The maximum absolute atomic E-state index is 13.7.